The van der Waals surface area contributed by atoms with Gasteiger partial charge >= 0.3 is 5.97 Å². The van der Waals surface area contributed by atoms with Gasteiger partial charge in [-0.3, -0.25) is 9.69 Å². The first-order valence-electron chi connectivity index (χ1n) is 7.84. The van der Waals surface area contributed by atoms with Crippen LogP contribution in [-0.4, -0.2) is 41.2 Å². The second kappa shape index (κ2) is 4.80. The van der Waals surface area contributed by atoms with Crippen LogP contribution in [0.2, 0.25) is 0 Å². The number of nitrogens with zero attached hydrogens (tertiary/aromatic N) is 3. The van der Waals surface area contributed by atoms with Crippen molar-refractivity contribution in [2.24, 2.45) is 11.3 Å². The van der Waals surface area contributed by atoms with Crippen LogP contribution < -0.4 is 0 Å². The summed E-state index contributed by atoms with van der Waals surface area (Å²) in [7, 11) is 1.50. The lowest BCUT2D eigenvalue weighted by molar-refractivity contribution is -0.153. The van der Waals surface area contributed by atoms with Crippen LogP contribution in [0.1, 0.15) is 49.7 Å². The Labute approximate surface area is 123 Å². The maximum Gasteiger partial charge on any atom is 0.313 e. The number of aromatic nitrogens is 2. The lowest BCUT2D eigenvalue weighted by atomic mass is 9.81. The zero-order chi connectivity index (χ0) is 14.4. The maximum atomic E-state index is 12.2. The van der Waals surface area contributed by atoms with Gasteiger partial charge in [-0.1, -0.05) is 11.6 Å². The molecule has 3 fully saturated rings. The Bertz CT molecular complexity index is 554. The van der Waals surface area contributed by atoms with Gasteiger partial charge in [-0.05, 0) is 31.6 Å². The SMILES string of the molecule is COC(=O)C12CCCC1CN(Cc1nc(C3CC3)no1)C2. The summed E-state index contributed by atoms with van der Waals surface area (Å²) >= 11 is 0. The molecule has 0 N–H and O–H groups in total. The Morgan fingerprint density at radius 1 is 1.48 bits per heavy atom. The van der Waals surface area contributed by atoms with Crippen LogP contribution in [-0.2, 0) is 16.1 Å². The minimum absolute atomic E-state index is 0.0447. The molecule has 2 unspecified atom stereocenters. The van der Waals surface area contributed by atoms with Gasteiger partial charge in [0.1, 0.15) is 0 Å². The fourth-order valence-corrected chi connectivity index (χ4v) is 4.08. The molecule has 3 aliphatic rings. The predicted molar refractivity (Wildman–Crippen MR) is 73.3 cm³/mol. The van der Waals surface area contributed by atoms with Gasteiger partial charge in [0.15, 0.2) is 5.82 Å². The fraction of sp³-hybridized carbons (Fsp3) is 0.800. The van der Waals surface area contributed by atoms with Crippen molar-refractivity contribution in [1.82, 2.24) is 15.0 Å². The van der Waals surface area contributed by atoms with Crippen LogP contribution in [0.15, 0.2) is 4.52 Å². The lowest BCUT2D eigenvalue weighted by Gasteiger charge is -2.25. The van der Waals surface area contributed by atoms with Gasteiger partial charge in [-0.2, -0.15) is 4.98 Å². The second-order valence-electron chi connectivity index (χ2n) is 6.73. The molecule has 1 aromatic heterocycles. The molecule has 6 heteroatoms. The van der Waals surface area contributed by atoms with Gasteiger partial charge in [0.2, 0.25) is 5.89 Å². The molecule has 0 radical (unpaired) electrons. The minimum Gasteiger partial charge on any atom is -0.469 e. The number of carbonyl (C=O) groups is 1. The van der Waals surface area contributed by atoms with Crippen LogP contribution in [0.25, 0.3) is 0 Å². The van der Waals surface area contributed by atoms with Gasteiger partial charge in [0.05, 0.1) is 19.1 Å². The average Bonchev–Trinajstić information content (AvgIpc) is 2.93. The number of carbonyl (C=O) groups excluding carboxylic acids is 1. The van der Waals surface area contributed by atoms with Crippen molar-refractivity contribution in [3.8, 4) is 0 Å². The van der Waals surface area contributed by atoms with E-state index in [0.717, 1.165) is 38.2 Å². The van der Waals surface area contributed by atoms with Gasteiger partial charge in [-0.25, -0.2) is 0 Å². The van der Waals surface area contributed by atoms with Crippen molar-refractivity contribution in [2.75, 3.05) is 20.2 Å². The third-order valence-electron chi connectivity index (χ3n) is 5.32. The largest absolute Gasteiger partial charge is 0.469 e. The van der Waals surface area contributed by atoms with E-state index >= 15 is 0 Å². The van der Waals surface area contributed by atoms with E-state index in [1.54, 1.807) is 0 Å². The highest BCUT2D eigenvalue weighted by Crippen LogP contribution is 2.49. The van der Waals surface area contributed by atoms with Crippen LogP contribution in [0.3, 0.4) is 0 Å². The molecular weight excluding hydrogens is 270 g/mol. The van der Waals surface area contributed by atoms with E-state index in [9.17, 15) is 4.79 Å². The Morgan fingerprint density at radius 2 is 2.33 bits per heavy atom. The quantitative estimate of drug-likeness (QED) is 0.787. The summed E-state index contributed by atoms with van der Waals surface area (Å²) in [5, 5.41) is 4.06. The summed E-state index contributed by atoms with van der Waals surface area (Å²) in [5.41, 5.74) is -0.298. The summed E-state index contributed by atoms with van der Waals surface area (Å²) in [4.78, 5) is 19.0. The summed E-state index contributed by atoms with van der Waals surface area (Å²) < 4.78 is 10.4. The van der Waals surface area contributed by atoms with E-state index in [1.807, 2.05) is 0 Å². The highest BCUT2D eigenvalue weighted by atomic mass is 16.5. The lowest BCUT2D eigenvalue weighted by Crippen LogP contribution is -2.36. The van der Waals surface area contributed by atoms with Crippen molar-refractivity contribution in [3.05, 3.63) is 11.7 Å². The van der Waals surface area contributed by atoms with Crippen molar-refractivity contribution < 1.29 is 14.1 Å². The third kappa shape index (κ3) is 2.16. The second-order valence-corrected chi connectivity index (χ2v) is 6.73. The van der Waals surface area contributed by atoms with Crippen molar-refractivity contribution in [1.29, 1.82) is 0 Å². The topological polar surface area (TPSA) is 68.5 Å². The molecule has 0 amide bonds. The van der Waals surface area contributed by atoms with E-state index in [1.165, 1.54) is 20.0 Å². The number of methoxy groups -OCH3 is 1. The Balaban J connectivity index is 1.46. The summed E-state index contributed by atoms with van der Waals surface area (Å²) in [6.07, 6.45) is 5.53. The first kappa shape index (κ1) is 13.2. The first-order valence-corrected chi connectivity index (χ1v) is 7.84. The Hall–Kier alpha value is -1.43. The van der Waals surface area contributed by atoms with E-state index in [0.29, 0.717) is 24.3 Å². The average molecular weight is 291 g/mol. The van der Waals surface area contributed by atoms with Gasteiger partial charge in [0, 0.05) is 19.0 Å². The number of hydrogen-bond acceptors (Lipinski definition) is 6. The monoisotopic (exact) mass is 291 g/mol. The molecule has 2 saturated carbocycles. The van der Waals surface area contributed by atoms with Crippen LogP contribution >= 0.6 is 0 Å². The van der Waals surface area contributed by atoms with E-state index in [-0.39, 0.29) is 11.4 Å². The Morgan fingerprint density at radius 3 is 3.10 bits per heavy atom. The molecule has 2 heterocycles. The number of rotatable bonds is 4. The molecule has 2 atom stereocenters. The van der Waals surface area contributed by atoms with Crippen LogP contribution in [0.5, 0.6) is 0 Å². The number of ether oxygens (including phenoxy) is 1. The summed E-state index contributed by atoms with van der Waals surface area (Å²) in [5.74, 6) is 2.42. The van der Waals surface area contributed by atoms with E-state index < -0.39 is 0 Å². The summed E-state index contributed by atoms with van der Waals surface area (Å²) in [6.45, 7) is 2.33. The molecule has 1 saturated heterocycles. The molecule has 0 aromatic carbocycles. The maximum absolute atomic E-state index is 12.2. The van der Waals surface area contributed by atoms with Gasteiger partial charge < -0.3 is 9.26 Å². The molecule has 2 aliphatic carbocycles. The standard InChI is InChI=1S/C15H21N3O3/c1-20-14(19)15-6-2-3-11(15)7-18(9-15)8-12-16-13(17-21-12)10-4-5-10/h10-11H,2-9H2,1H3. The third-order valence-corrected chi connectivity index (χ3v) is 5.32. The molecule has 1 aromatic rings. The number of fused-ring (bicyclic) bond motifs is 1. The van der Waals surface area contributed by atoms with E-state index in [2.05, 4.69) is 15.0 Å². The van der Waals surface area contributed by atoms with Crippen LogP contribution in [0.4, 0.5) is 0 Å². The van der Waals surface area contributed by atoms with Crippen molar-refractivity contribution in [2.45, 2.75) is 44.6 Å². The fourth-order valence-electron chi connectivity index (χ4n) is 4.08. The first-order chi connectivity index (χ1) is 10.2. The molecule has 0 spiro atoms. The Kier molecular flexibility index (Phi) is 3.03. The highest BCUT2D eigenvalue weighted by molar-refractivity contribution is 5.78. The highest BCUT2D eigenvalue weighted by Gasteiger charge is 2.55. The zero-order valence-corrected chi connectivity index (χ0v) is 12.4. The molecule has 1 aliphatic heterocycles. The number of hydrogen-bond donors (Lipinski definition) is 0. The molecule has 21 heavy (non-hydrogen) atoms. The van der Waals surface area contributed by atoms with Crippen LogP contribution in [0, 0.1) is 11.3 Å². The molecule has 0 bridgehead atoms. The smallest absolute Gasteiger partial charge is 0.313 e. The molecule has 114 valence electrons. The van der Waals surface area contributed by atoms with Gasteiger partial charge in [-0.15, -0.1) is 0 Å². The van der Waals surface area contributed by atoms with Gasteiger partial charge in [0.25, 0.3) is 0 Å². The number of esters is 1. The predicted octanol–water partition coefficient (Wildman–Crippen LogP) is 1.72. The normalized spacial score (nSPS) is 32.3. The van der Waals surface area contributed by atoms with Crippen molar-refractivity contribution in [3.63, 3.8) is 0 Å². The van der Waals surface area contributed by atoms with Crippen molar-refractivity contribution >= 4 is 5.97 Å². The zero-order valence-electron chi connectivity index (χ0n) is 12.4. The molecule has 4 rings (SSSR count). The summed E-state index contributed by atoms with van der Waals surface area (Å²) in [6, 6.07) is 0. The minimum atomic E-state index is -0.298. The number of likely N-dealkylation sites (tertiary alicyclic amines) is 1. The van der Waals surface area contributed by atoms with E-state index in [4.69, 9.17) is 9.26 Å². The molecular formula is C15H21N3O3. The molecule has 6 nitrogen and oxygen atoms in total.